The van der Waals surface area contributed by atoms with Gasteiger partial charge in [-0.3, -0.25) is 14.1 Å². The molecule has 1 aliphatic rings. The largest absolute Gasteiger partial charge is 0.443 e. The third-order valence-corrected chi connectivity index (χ3v) is 5.29. The van der Waals surface area contributed by atoms with Crippen molar-refractivity contribution in [2.45, 2.75) is 45.8 Å². The van der Waals surface area contributed by atoms with E-state index in [1.165, 1.54) is 0 Å². The molecule has 174 valence electrons. The van der Waals surface area contributed by atoms with E-state index in [9.17, 15) is 4.79 Å². The number of nitrogens with zero attached hydrogens (tertiary/aromatic N) is 8. The summed E-state index contributed by atoms with van der Waals surface area (Å²) in [6.07, 6.45) is 6.88. The van der Waals surface area contributed by atoms with E-state index in [0.29, 0.717) is 35.5 Å². The first-order chi connectivity index (χ1) is 16.4. The average Bonchev–Trinajstić information content (AvgIpc) is 3.48. The Morgan fingerprint density at radius 1 is 1.15 bits per heavy atom. The Labute approximate surface area is 196 Å². The van der Waals surface area contributed by atoms with Gasteiger partial charge in [0.1, 0.15) is 29.5 Å². The van der Waals surface area contributed by atoms with Gasteiger partial charge in [-0.2, -0.15) is 4.98 Å². The number of hydrazine groups is 1. The summed E-state index contributed by atoms with van der Waals surface area (Å²) < 4.78 is 9.15. The van der Waals surface area contributed by atoms with E-state index in [1.807, 2.05) is 67.2 Å². The van der Waals surface area contributed by atoms with E-state index in [4.69, 9.17) is 9.72 Å². The number of imidazole rings is 1. The molecule has 4 aromatic rings. The molecular weight excluding hydrogens is 434 g/mol. The highest BCUT2D eigenvalue weighted by atomic mass is 16.6. The van der Waals surface area contributed by atoms with E-state index in [0.717, 1.165) is 5.56 Å². The second-order valence-corrected chi connectivity index (χ2v) is 8.83. The van der Waals surface area contributed by atoms with Crippen molar-refractivity contribution in [2.24, 2.45) is 0 Å². The van der Waals surface area contributed by atoms with Gasteiger partial charge in [-0.1, -0.05) is 37.3 Å². The smallest absolute Gasteiger partial charge is 0.426 e. The summed E-state index contributed by atoms with van der Waals surface area (Å²) in [7, 11) is 0. The standard InChI is InChI=1S/C23H25N9O2/c1-5-16-20-28-26-14-31(20)17-13-25-21(27-19(17)32(16)29-22(33)34-23(2,3)4)30-12-11-24-18(30)15-9-7-6-8-10-15/h6-14,16H,5H2,1-4H3,(H,29,33). The Morgan fingerprint density at radius 2 is 1.94 bits per heavy atom. The lowest BCUT2D eigenvalue weighted by atomic mass is 10.1. The van der Waals surface area contributed by atoms with E-state index in [2.05, 4.69) is 25.6 Å². The van der Waals surface area contributed by atoms with Crippen molar-refractivity contribution in [3.63, 3.8) is 0 Å². The Bertz CT molecular complexity index is 1320. The molecule has 3 aromatic heterocycles. The lowest BCUT2D eigenvalue weighted by Gasteiger charge is -2.36. The van der Waals surface area contributed by atoms with Crippen LogP contribution in [-0.2, 0) is 4.74 Å². The molecule has 0 saturated heterocycles. The minimum atomic E-state index is -0.650. The molecule has 0 saturated carbocycles. The number of amides is 1. The van der Waals surface area contributed by atoms with E-state index in [-0.39, 0.29) is 6.04 Å². The van der Waals surface area contributed by atoms with Crippen molar-refractivity contribution < 1.29 is 9.53 Å². The van der Waals surface area contributed by atoms with Crippen molar-refractivity contribution >= 4 is 11.9 Å². The van der Waals surface area contributed by atoms with Crippen LogP contribution in [0.25, 0.3) is 23.0 Å². The fourth-order valence-corrected chi connectivity index (χ4v) is 3.90. The van der Waals surface area contributed by atoms with Crippen LogP contribution < -0.4 is 10.4 Å². The zero-order valence-electron chi connectivity index (χ0n) is 19.4. The topological polar surface area (TPSA) is 116 Å². The van der Waals surface area contributed by atoms with Gasteiger partial charge in [0.15, 0.2) is 11.6 Å². The molecule has 0 bridgehead atoms. The second-order valence-electron chi connectivity index (χ2n) is 8.83. The Morgan fingerprint density at radius 3 is 2.68 bits per heavy atom. The highest BCUT2D eigenvalue weighted by Gasteiger charge is 2.36. The fourth-order valence-electron chi connectivity index (χ4n) is 3.90. The molecule has 1 amide bonds. The highest BCUT2D eigenvalue weighted by Crippen LogP contribution is 2.37. The Kier molecular flexibility index (Phi) is 5.23. The van der Waals surface area contributed by atoms with Gasteiger partial charge in [0.05, 0.1) is 6.20 Å². The number of ether oxygens (including phenoxy) is 1. The number of hydrogen-bond acceptors (Lipinski definition) is 8. The summed E-state index contributed by atoms with van der Waals surface area (Å²) in [5.41, 5.74) is 3.79. The van der Waals surface area contributed by atoms with Gasteiger partial charge in [-0.15, -0.1) is 10.2 Å². The number of aromatic nitrogens is 7. The quantitative estimate of drug-likeness (QED) is 0.492. The van der Waals surface area contributed by atoms with Crippen LogP contribution >= 0.6 is 0 Å². The lowest BCUT2D eigenvalue weighted by Crippen LogP contribution is -2.49. The minimum absolute atomic E-state index is 0.304. The van der Waals surface area contributed by atoms with Crippen LogP contribution in [0.3, 0.4) is 0 Å². The molecule has 1 aliphatic heterocycles. The number of rotatable bonds is 4. The molecule has 34 heavy (non-hydrogen) atoms. The molecule has 1 N–H and O–H groups in total. The first kappa shape index (κ1) is 21.6. The van der Waals surface area contributed by atoms with Crippen LogP contribution in [0.2, 0.25) is 0 Å². The van der Waals surface area contributed by atoms with Crippen LogP contribution in [0.5, 0.6) is 0 Å². The highest BCUT2D eigenvalue weighted by molar-refractivity contribution is 5.73. The summed E-state index contributed by atoms with van der Waals surface area (Å²) in [5, 5.41) is 10.0. The van der Waals surface area contributed by atoms with Crippen molar-refractivity contribution in [3.05, 3.63) is 61.1 Å². The predicted molar refractivity (Wildman–Crippen MR) is 124 cm³/mol. The van der Waals surface area contributed by atoms with Crippen LogP contribution in [-0.4, -0.2) is 46.0 Å². The maximum Gasteiger partial charge on any atom is 0.426 e. The van der Waals surface area contributed by atoms with Crippen LogP contribution in [0.15, 0.2) is 55.2 Å². The predicted octanol–water partition coefficient (Wildman–Crippen LogP) is 3.62. The third-order valence-electron chi connectivity index (χ3n) is 5.29. The number of hydrogen-bond donors (Lipinski definition) is 1. The molecule has 4 heterocycles. The van der Waals surface area contributed by atoms with Crippen molar-refractivity contribution in [1.82, 2.24) is 39.7 Å². The van der Waals surface area contributed by atoms with Crippen molar-refractivity contribution in [2.75, 3.05) is 5.01 Å². The Hall–Kier alpha value is -4.28. The second kappa shape index (κ2) is 8.25. The summed E-state index contributed by atoms with van der Waals surface area (Å²) >= 11 is 0. The monoisotopic (exact) mass is 459 g/mol. The van der Waals surface area contributed by atoms with Crippen molar-refractivity contribution in [3.8, 4) is 23.0 Å². The zero-order valence-corrected chi connectivity index (χ0v) is 19.4. The first-order valence-corrected chi connectivity index (χ1v) is 11.0. The number of nitrogens with one attached hydrogen (secondary N) is 1. The first-order valence-electron chi connectivity index (χ1n) is 11.0. The van der Waals surface area contributed by atoms with Gasteiger partial charge in [0.2, 0.25) is 5.95 Å². The summed E-state index contributed by atoms with van der Waals surface area (Å²) in [5.74, 6) is 2.30. The van der Waals surface area contributed by atoms with Gasteiger partial charge < -0.3 is 4.74 Å². The summed E-state index contributed by atoms with van der Waals surface area (Å²) in [4.78, 5) is 26.6. The SMILES string of the molecule is CCC1c2nncn2-c2cnc(-n3ccnc3-c3ccccc3)nc2N1NC(=O)OC(C)(C)C. The number of anilines is 1. The fraction of sp³-hybridized carbons (Fsp3) is 0.304. The molecule has 0 radical (unpaired) electrons. The van der Waals surface area contributed by atoms with Crippen LogP contribution in [0, 0.1) is 0 Å². The molecule has 11 heteroatoms. The molecule has 0 spiro atoms. The number of carbonyl (C=O) groups is 1. The summed E-state index contributed by atoms with van der Waals surface area (Å²) in [6.45, 7) is 7.45. The lowest BCUT2D eigenvalue weighted by molar-refractivity contribution is 0.0512. The minimum Gasteiger partial charge on any atom is -0.443 e. The molecule has 0 aliphatic carbocycles. The molecule has 1 aromatic carbocycles. The summed E-state index contributed by atoms with van der Waals surface area (Å²) in [6, 6.07) is 9.51. The normalized spacial score (nSPS) is 14.9. The third kappa shape index (κ3) is 3.85. The molecule has 1 atom stereocenters. The molecule has 0 fully saturated rings. The van der Waals surface area contributed by atoms with Gasteiger partial charge in [-0.05, 0) is 27.2 Å². The number of fused-ring (bicyclic) bond motifs is 3. The van der Waals surface area contributed by atoms with Gasteiger partial charge in [0, 0.05) is 18.0 Å². The number of benzene rings is 1. The number of carbonyl (C=O) groups excluding carboxylic acids is 1. The molecule has 1 unspecified atom stereocenters. The van der Waals surface area contributed by atoms with Crippen LogP contribution in [0.1, 0.15) is 46.0 Å². The molecule has 11 nitrogen and oxygen atoms in total. The average molecular weight is 460 g/mol. The van der Waals surface area contributed by atoms with Gasteiger partial charge >= 0.3 is 6.09 Å². The zero-order chi connectivity index (χ0) is 23.9. The van der Waals surface area contributed by atoms with Gasteiger partial charge in [-0.25, -0.2) is 20.2 Å². The Balaban J connectivity index is 1.60. The van der Waals surface area contributed by atoms with Crippen LogP contribution in [0.4, 0.5) is 10.6 Å². The van der Waals surface area contributed by atoms with E-state index < -0.39 is 11.7 Å². The van der Waals surface area contributed by atoms with E-state index >= 15 is 0 Å². The maximum atomic E-state index is 12.7. The molecular formula is C23H25N9O2. The molecule has 5 rings (SSSR count). The van der Waals surface area contributed by atoms with Crippen molar-refractivity contribution in [1.29, 1.82) is 0 Å². The maximum absolute atomic E-state index is 12.7. The van der Waals surface area contributed by atoms with E-state index in [1.54, 1.807) is 29.9 Å². The van der Waals surface area contributed by atoms with Gasteiger partial charge in [0.25, 0.3) is 0 Å².